The van der Waals surface area contributed by atoms with Crippen molar-refractivity contribution in [3.63, 3.8) is 0 Å². The van der Waals surface area contributed by atoms with Gasteiger partial charge >= 0.3 is 6.18 Å². The maximum atomic E-state index is 12.9. The van der Waals surface area contributed by atoms with Crippen molar-refractivity contribution in [1.29, 1.82) is 0 Å². The minimum Gasteiger partial charge on any atom is -0.383 e. The third kappa shape index (κ3) is 4.96. The third-order valence-corrected chi connectivity index (χ3v) is 6.46. The number of carbonyl (C=O) groups is 1. The fourth-order valence-electron chi connectivity index (χ4n) is 3.20. The zero-order valence-electron chi connectivity index (χ0n) is 15.6. The summed E-state index contributed by atoms with van der Waals surface area (Å²) in [6.45, 7) is 0.499. The normalized spacial score (nSPS) is 18.7. The Morgan fingerprint density at radius 2 is 1.97 bits per heavy atom. The van der Waals surface area contributed by atoms with Crippen molar-refractivity contribution in [2.24, 2.45) is 0 Å². The second-order valence-electron chi connectivity index (χ2n) is 6.74. The van der Waals surface area contributed by atoms with Crippen molar-refractivity contribution in [1.82, 2.24) is 14.7 Å². The monoisotopic (exact) mass is 431 g/mol. The van der Waals surface area contributed by atoms with E-state index in [-0.39, 0.29) is 30.6 Å². The summed E-state index contributed by atoms with van der Waals surface area (Å²) in [7, 11) is -1.68. The summed E-state index contributed by atoms with van der Waals surface area (Å²) in [4.78, 5) is 14.4. The number of rotatable bonds is 6. The lowest BCUT2D eigenvalue weighted by atomic mass is 10.1. The summed E-state index contributed by atoms with van der Waals surface area (Å²) in [5.41, 5.74) is -0.341. The molecule has 1 aromatic carbocycles. The molecule has 1 fully saturated rings. The number of ether oxygens (including phenoxy) is 1. The van der Waals surface area contributed by atoms with Crippen LogP contribution in [0.3, 0.4) is 0 Å². The van der Waals surface area contributed by atoms with Crippen molar-refractivity contribution >= 4 is 15.7 Å². The molecular weight excluding hydrogens is 411 g/mol. The number of aromatic nitrogens is 2. The van der Waals surface area contributed by atoms with Gasteiger partial charge in [0.05, 0.1) is 23.8 Å². The van der Waals surface area contributed by atoms with E-state index in [4.69, 9.17) is 4.74 Å². The summed E-state index contributed by atoms with van der Waals surface area (Å²) in [6, 6.07) is 6.38. The largest absolute Gasteiger partial charge is 0.435 e. The van der Waals surface area contributed by atoms with E-state index in [9.17, 15) is 26.4 Å². The first-order valence-electron chi connectivity index (χ1n) is 8.84. The summed E-state index contributed by atoms with van der Waals surface area (Å²) in [5, 5.41) is 3.49. The van der Waals surface area contributed by atoms with Gasteiger partial charge in [-0.05, 0) is 36.8 Å². The lowest BCUT2D eigenvalue weighted by Crippen LogP contribution is -2.43. The highest BCUT2D eigenvalue weighted by Gasteiger charge is 2.35. The van der Waals surface area contributed by atoms with Crippen LogP contribution in [0.25, 0.3) is 5.69 Å². The fraction of sp³-hybridized carbons (Fsp3) is 0.444. The molecule has 1 unspecified atom stereocenters. The molecule has 1 amide bonds. The standard InChI is InChI=1S/C18H20F3N3O4S/c1-28-10-9-23(15-7-11-29(26,27)12-15)17(25)13-2-4-14(5-3-13)24-8-6-16(22-24)18(19,20)21/h2-6,8,15H,7,9-12H2,1H3. The van der Waals surface area contributed by atoms with Crippen molar-refractivity contribution in [3.8, 4) is 5.69 Å². The molecule has 7 nitrogen and oxygen atoms in total. The summed E-state index contributed by atoms with van der Waals surface area (Å²) in [5.74, 6) is -0.408. The fourth-order valence-corrected chi connectivity index (χ4v) is 4.93. The van der Waals surface area contributed by atoms with E-state index in [1.807, 2.05) is 0 Å². The lowest BCUT2D eigenvalue weighted by molar-refractivity contribution is -0.141. The van der Waals surface area contributed by atoms with Gasteiger partial charge in [0.25, 0.3) is 5.91 Å². The Kier molecular flexibility index (Phi) is 5.99. The molecule has 2 heterocycles. The van der Waals surface area contributed by atoms with Crippen LogP contribution < -0.4 is 0 Å². The molecule has 1 aliphatic rings. The highest BCUT2D eigenvalue weighted by atomic mass is 32.2. The van der Waals surface area contributed by atoms with E-state index < -0.39 is 27.7 Å². The second-order valence-corrected chi connectivity index (χ2v) is 8.97. The Morgan fingerprint density at radius 3 is 2.48 bits per heavy atom. The molecule has 1 aliphatic heterocycles. The SMILES string of the molecule is COCCN(C(=O)c1ccc(-n2ccc(C(F)(F)F)n2)cc1)C1CCS(=O)(=O)C1. The van der Waals surface area contributed by atoms with Crippen LogP contribution in [0.4, 0.5) is 13.2 Å². The van der Waals surface area contributed by atoms with Gasteiger partial charge in [-0.15, -0.1) is 0 Å². The molecule has 0 spiro atoms. The number of halogens is 3. The van der Waals surface area contributed by atoms with E-state index >= 15 is 0 Å². The van der Waals surface area contributed by atoms with E-state index in [1.165, 1.54) is 42.5 Å². The van der Waals surface area contributed by atoms with Gasteiger partial charge in [-0.1, -0.05) is 0 Å². The molecule has 1 aromatic heterocycles. The van der Waals surface area contributed by atoms with Crippen LogP contribution in [-0.2, 0) is 20.8 Å². The Labute approximate surface area is 166 Å². The predicted molar refractivity (Wildman–Crippen MR) is 98.5 cm³/mol. The first-order valence-corrected chi connectivity index (χ1v) is 10.7. The van der Waals surface area contributed by atoms with Crippen LogP contribution >= 0.6 is 0 Å². The Balaban J connectivity index is 1.79. The van der Waals surface area contributed by atoms with Crippen molar-refractivity contribution in [2.75, 3.05) is 31.8 Å². The highest BCUT2D eigenvalue weighted by molar-refractivity contribution is 7.91. The Morgan fingerprint density at radius 1 is 1.28 bits per heavy atom. The quantitative estimate of drug-likeness (QED) is 0.700. The van der Waals surface area contributed by atoms with E-state index in [2.05, 4.69) is 5.10 Å². The van der Waals surface area contributed by atoms with E-state index in [1.54, 1.807) is 0 Å². The highest BCUT2D eigenvalue weighted by Crippen LogP contribution is 2.28. The number of benzene rings is 1. The topological polar surface area (TPSA) is 81.5 Å². The predicted octanol–water partition coefficient (Wildman–Crippen LogP) is 2.17. The maximum absolute atomic E-state index is 12.9. The molecule has 11 heteroatoms. The van der Waals surface area contributed by atoms with Crippen molar-refractivity contribution in [2.45, 2.75) is 18.6 Å². The van der Waals surface area contributed by atoms with Gasteiger partial charge in [0.2, 0.25) is 0 Å². The Bertz CT molecular complexity index is 971. The van der Waals surface area contributed by atoms with E-state index in [0.29, 0.717) is 17.7 Å². The maximum Gasteiger partial charge on any atom is 0.435 e. The first kappa shape index (κ1) is 21.3. The van der Waals surface area contributed by atoms with Crippen LogP contribution in [0.1, 0.15) is 22.5 Å². The minimum atomic E-state index is -4.54. The summed E-state index contributed by atoms with van der Waals surface area (Å²) >= 11 is 0. The van der Waals surface area contributed by atoms with Crippen LogP contribution in [0, 0.1) is 0 Å². The average Bonchev–Trinajstić information content (AvgIpc) is 3.29. The van der Waals surface area contributed by atoms with Crippen molar-refractivity contribution < 1.29 is 31.1 Å². The molecule has 0 radical (unpaired) electrons. The summed E-state index contributed by atoms with van der Waals surface area (Å²) < 4.78 is 67.8. The third-order valence-electron chi connectivity index (χ3n) is 4.70. The van der Waals surface area contributed by atoms with Gasteiger partial charge in [0.1, 0.15) is 0 Å². The number of amides is 1. The van der Waals surface area contributed by atoms with Crippen LogP contribution in [0.15, 0.2) is 36.5 Å². The number of nitrogens with zero attached hydrogens (tertiary/aromatic N) is 3. The van der Waals surface area contributed by atoms with Crippen LogP contribution in [0.5, 0.6) is 0 Å². The summed E-state index contributed by atoms with van der Waals surface area (Å²) in [6.07, 6.45) is -2.98. The van der Waals surface area contributed by atoms with Gasteiger partial charge in [-0.2, -0.15) is 18.3 Å². The molecule has 3 rings (SSSR count). The molecule has 0 saturated carbocycles. The van der Waals surface area contributed by atoms with E-state index in [0.717, 1.165) is 10.7 Å². The van der Waals surface area contributed by atoms with Gasteiger partial charge in [-0.25, -0.2) is 13.1 Å². The lowest BCUT2D eigenvalue weighted by Gasteiger charge is -2.28. The van der Waals surface area contributed by atoms with Gasteiger partial charge in [-0.3, -0.25) is 4.79 Å². The second kappa shape index (κ2) is 8.15. The molecule has 1 saturated heterocycles. The molecule has 0 aliphatic carbocycles. The van der Waals surface area contributed by atoms with Gasteiger partial charge < -0.3 is 9.64 Å². The molecule has 158 valence electrons. The molecule has 1 atom stereocenters. The molecule has 0 bridgehead atoms. The molecule has 2 aromatic rings. The van der Waals surface area contributed by atoms with Gasteiger partial charge in [0, 0.05) is 31.5 Å². The number of alkyl halides is 3. The zero-order chi connectivity index (χ0) is 21.2. The number of sulfone groups is 1. The zero-order valence-corrected chi connectivity index (χ0v) is 16.4. The Hall–Kier alpha value is -2.40. The number of hydrogen-bond acceptors (Lipinski definition) is 5. The molecule has 29 heavy (non-hydrogen) atoms. The van der Waals surface area contributed by atoms with Gasteiger partial charge in [0.15, 0.2) is 15.5 Å². The van der Waals surface area contributed by atoms with Crippen LogP contribution in [-0.4, -0.2) is 66.8 Å². The molecular formula is C18H20F3N3O4S. The number of hydrogen-bond donors (Lipinski definition) is 0. The molecule has 0 N–H and O–H groups in total. The smallest absolute Gasteiger partial charge is 0.383 e. The average molecular weight is 431 g/mol. The minimum absolute atomic E-state index is 0.0359. The number of carbonyl (C=O) groups excluding carboxylic acids is 1. The number of methoxy groups -OCH3 is 1. The van der Waals surface area contributed by atoms with Crippen molar-refractivity contribution in [3.05, 3.63) is 47.8 Å². The van der Waals surface area contributed by atoms with Crippen LogP contribution in [0.2, 0.25) is 0 Å². The first-order chi connectivity index (χ1) is 13.6.